The maximum absolute atomic E-state index is 12.6. The molecule has 0 fully saturated rings. The molecule has 1 aliphatic heterocycles. The first-order valence-corrected chi connectivity index (χ1v) is 6.57. The van der Waals surface area contributed by atoms with Gasteiger partial charge in [-0.05, 0) is 43.5 Å². The van der Waals surface area contributed by atoms with E-state index in [9.17, 15) is 4.79 Å². The molecule has 0 aliphatic carbocycles. The Morgan fingerprint density at radius 3 is 2.95 bits per heavy atom. The Hall–Kier alpha value is -2.16. The Balaban J connectivity index is 0.00000147. The number of hydrogen-bond acceptors (Lipinski definition) is 2. The Kier molecular flexibility index (Phi) is 4.18. The molecule has 3 rings (SSSR count). The zero-order valence-electron chi connectivity index (χ0n) is 11.0. The molecule has 1 aliphatic rings. The first kappa shape index (κ1) is 14.3. The van der Waals surface area contributed by atoms with E-state index in [2.05, 4.69) is 4.98 Å². The van der Waals surface area contributed by atoms with Gasteiger partial charge in [-0.3, -0.25) is 9.78 Å². The number of benzene rings is 1. The van der Waals surface area contributed by atoms with Gasteiger partial charge in [-0.1, -0.05) is 25.1 Å². The Bertz CT molecular complexity index is 622. The molecule has 0 unspecified atom stereocenters. The maximum atomic E-state index is 12.6. The number of aromatic nitrogens is 1. The number of amides is 1. The summed E-state index contributed by atoms with van der Waals surface area (Å²) in [6.45, 7) is 2.79. The van der Waals surface area contributed by atoms with Crippen LogP contribution in [0.3, 0.4) is 0 Å². The first-order valence-electron chi connectivity index (χ1n) is 6.57. The molecular weight excluding hydrogens is 248 g/mol. The zero-order chi connectivity index (χ0) is 13.2. The number of fused-ring (bicyclic) bond motifs is 1. The fourth-order valence-corrected chi connectivity index (χ4v) is 2.57. The van der Waals surface area contributed by atoms with Gasteiger partial charge in [0.1, 0.15) is 0 Å². The van der Waals surface area contributed by atoms with E-state index in [1.54, 1.807) is 6.20 Å². The average molecular weight is 268 g/mol. The molecule has 104 valence electrons. The summed E-state index contributed by atoms with van der Waals surface area (Å²) < 4.78 is 0. The van der Waals surface area contributed by atoms with Crippen molar-refractivity contribution in [2.75, 3.05) is 11.4 Å². The van der Waals surface area contributed by atoms with E-state index in [4.69, 9.17) is 0 Å². The predicted molar refractivity (Wildman–Crippen MR) is 82.1 cm³/mol. The minimum Gasteiger partial charge on any atom is -0.308 e. The highest BCUT2D eigenvalue weighted by atomic mass is 16.2. The lowest BCUT2D eigenvalue weighted by molar-refractivity contribution is 0.0985. The Morgan fingerprint density at radius 1 is 1.30 bits per heavy atom. The van der Waals surface area contributed by atoms with Gasteiger partial charge in [0.25, 0.3) is 5.91 Å². The highest BCUT2D eigenvalue weighted by Crippen LogP contribution is 2.27. The van der Waals surface area contributed by atoms with Crippen molar-refractivity contribution in [1.82, 2.24) is 4.98 Å². The van der Waals surface area contributed by atoms with Crippen LogP contribution in [-0.2, 0) is 6.42 Å². The molecular formula is C17H20N2O. The van der Waals surface area contributed by atoms with Gasteiger partial charge in [-0.2, -0.15) is 0 Å². The topological polar surface area (TPSA) is 33.2 Å². The van der Waals surface area contributed by atoms with Gasteiger partial charge in [-0.15, -0.1) is 0 Å². The second-order valence-electron chi connectivity index (χ2n) is 4.93. The van der Waals surface area contributed by atoms with Crippen molar-refractivity contribution in [3.05, 3.63) is 59.4 Å². The van der Waals surface area contributed by atoms with Crippen LogP contribution in [0.25, 0.3) is 0 Å². The van der Waals surface area contributed by atoms with Crippen LogP contribution in [0.5, 0.6) is 0 Å². The van der Waals surface area contributed by atoms with Crippen LogP contribution < -0.4 is 4.90 Å². The first-order chi connectivity index (χ1) is 9.25. The molecule has 2 heterocycles. The molecule has 0 saturated carbocycles. The van der Waals surface area contributed by atoms with E-state index >= 15 is 0 Å². The molecule has 2 aromatic rings. The van der Waals surface area contributed by atoms with Crippen molar-refractivity contribution in [3.8, 4) is 0 Å². The number of aryl methyl sites for hydroxylation is 2. The number of carbonyl (C=O) groups excluding carboxylic acids is 1. The Labute approximate surface area is 120 Å². The molecule has 1 amide bonds. The molecule has 3 nitrogen and oxygen atoms in total. The number of carbonyl (C=O) groups is 1. The van der Waals surface area contributed by atoms with Crippen molar-refractivity contribution in [2.45, 2.75) is 27.2 Å². The van der Waals surface area contributed by atoms with Gasteiger partial charge in [0, 0.05) is 24.5 Å². The summed E-state index contributed by atoms with van der Waals surface area (Å²) in [5, 5.41) is 0. The van der Waals surface area contributed by atoms with E-state index in [1.165, 1.54) is 0 Å². The molecule has 0 N–H and O–H groups in total. The summed E-state index contributed by atoms with van der Waals surface area (Å²) in [7, 11) is 0. The van der Waals surface area contributed by atoms with E-state index in [0.29, 0.717) is 0 Å². The lowest BCUT2D eigenvalue weighted by Crippen LogP contribution is -2.35. The third kappa shape index (κ3) is 2.57. The summed E-state index contributed by atoms with van der Waals surface area (Å²) >= 11 is 0. The number of rotatable bonds is 1. The summed E-state index contributed by atoms with van der Waals surface area (Å²) in [6.07, 6.45) is 5.61. The smallest absolute Gasteiger partial charge is 0.258 e. The molecule has 0 spiro atoms. The fraction of sp³-hybridized carbons (Fsp3) is 0.294. The van der Waals surface area contributed by atoms with Crippen LogP contribution in [0.2, 0.25) is 0 Å². The SMILES string of the molecule is C.Cc1cccc(C(=O)N2CCCc3cnccc32)c1. The van der Waals surface area contributed by atoms with E-state index in [1.807, 2.05) is 48.4 Å². The van der Waals surface area contributed by atoms with Crippen LogP contribution in [0.15, 0.2) is 42.7 Å². The lowest BCUT2D eigenvalue weighted by atomic mass is 10.0. The molecule has 0 saturated heterocycles. The zero-order valence-corrected chi connectivity index (χ0v) is 11.0. The van der Waals surface area contributed by atoms with Gasteiger partial charge in [0.2, 0.25) is 0 Å². The van der Waals surface area contributed by atoms with Gasteiger partial charge < -0.3 is 4.90 Å². The monoisotopic (exact) mass is 268 g/mol. The molecule has 0 bridgehead atoms. The minimum absolute atomic E-state index is 0. The van der Waals surface area contributed by atoms with Gasteiger partial charge >= 0.3 is 0 Å². The average Bonchev–Trinajstić information content (AvgIpc) is 2.46. The van der Waals surface area contributed by atoms with Crippen LogP contribution in [0.4, 0.5) is 5.69 Å². The van der Waals surface area contributed by atoms with Gasteiger partial charge in [0.15, 0.2) is 0 Å². The second kappa shape index (κ2) is 5.87. The van der Waals surface area contributed by atoms with Crippen molar-refractivity contribution in [3.63, 3.8) is 0 Å². The van der Waals surface area contributed by atoms with Crippen LogP contribution in [0.1, 0.15) is 35.3 Å². The quantitative estimate of drug-likeness (QED) is 0.791. The molecule has 0 radical (unpaired) electrons. The lowest BCUT2D eigenvalue weighted by Gasteiger charge is -2.29. The summed E-state index contributed by atoms with van der Waals surface area (Å²) in [4.78, 5) is 18.6. The second-order valence-corrected chi connectivity index (χ2v) is 4.93. The van der Waals surface area contributed by atoms with Crippen LogP contribution in [0, 0.1) is 6.92 Å². The maximum Gasteiger partial charge on any atom is 0.258 e. The highest BCUT2D eigenvalue weighted by molar-refractivity contribution is 6.06. The minimum atomic E-state index is 0. The fourth-order valence-electron chi connectivity index (χ4n) is 2.57. The molecule has 3 heteroatoms. The summed E-state index contributed by atoms with van der Waals surface area (Å²) in [5.74, 6) is 0.0795. The molecule has 0 atom stereocenters. The highest BCUT2D eigenvalue weighted by Gasteiger charge is 2.23. The standard InChI is InChI=1S/C16H16N2O.CH4/c1-12-4-2-5-13(10-12)16(19)18-9-3-6-14-11-17-8-7-15(14)18;/h2,4-5,7-8,10-11H,3,6,9H2,1H3;1H4. The third-order valence-corrected chi connectivity index (χ3v) is 3.51. The van der Waals surface area contributed by atoms with E-state index in [0.717, 1.165) is 41.8 Å². The van der Waals surface area contributed by atoms with Crippen molar-refractivity contribution < 1.29 is 4.79 Å². The largest absolute Gasteiger partial charge is 0.308 e. The van der Waals surface area contributed by atoms with Crippen LogP contribution >= 0.6 is 0 Å². The van der Waals surface area contributed by atoms with Gasteiger partial charge in [-0.25, -0.2) is 0 Å². The number of anilines is 1. The number of hydrogen-bond donors (Lipinski definition) is 0. The predicted octanol–water partition coefficient (Wildman–Crippen LogP) is 3.62. The van der Waals surface area contributed by atoms with Crippen molar-refractivity contribution >= 4 is 11.6 Å². The third-order valence-electron chi connectivity index (χ3n) is 3.51. The molecule has 1 aromatic heterocycles. The molecule has 1 aromatic carbocycles. The van der Waals surface area contributed by atoms with Crippen LogP contribution in [-0.4, -0.2) is 17.4 Å². The van der Waals surface area contributed by atoms with Crippen molar-refractivity contribution in [1.29, 1.82) is 0 Å². The van der Waals surface area contributed by atoms with Crippen molar-refractivity contribution in [2.24, 2.45) is 0 Å². The van der Waals surface area contributed by atoms with E-state index in [-0.39, 0.29) is 13.3 Å². The Morgan fingerprint density at radius 2 is 2.15 bits per heavy atom. The summed E-state index contributed by atoms with van der Waals surface area (Å²) in [5.41, 5.74) is 4.03. The normalized spacial score (nSPS) is 13.3. The van der Waals surface area contributed by atoms with E-state index < -0.39 is 0 Å². The number of nitrogens with zero attached hydrogens (tertiary/aromatic N) is 2. The number of pyridine rings is 1. The van der Waals surface area contributed by atoms with Gasteiger partial charge in [0.05, 0.1) is 5.69 Å². The molecule has 20 heavy (non-hydrogen) atoms. The summed E-state index contributed by atoms with van der Waals surface area (Å²) in [6, 6.07) is 9.69.